The molecule has 4 rings (SSSR count). The first-order valence-corrected chi connectivity index (χ1v) is 9.01. The van der Waals surface area contributed by atoms with Crippen molar-refractivity contribution in [3.8, 4) is 0 Å². The highest BCUT2D eigenvalue weighted by molar-refractivity contribution is 5.83. The van der Waals surface area contributed by atoms with Crippen LogP contribution in [0.1, 0.15) is 37.2 Å². The van der Waals surface area contributed by atoms with Crippen molar-refractivity contribution in [2.24, 2.45) is 7.05 Å². The minimum atomic E-state index is -0.0452. The Balaban J connectivity index is 1.53. The fourth-order valence-corrected chi connectivity index (χ4v) is 3.37. The van der Waals surface area contributed by atoms with Gasteiger partial charge in [-0.05, 0) is 42.2 Å². The number of nitrogens with one attached hydrogen (secondary N) is 1. The number of urea groups is 1. The predicted octanol–water partition coefficient (Wildman–Crippen LogP) is 3.40. The van der Waals surface area contributed by atoms with Gasteiger partial charge in [-0.15, -0.1) is 0 Å². The minimum absolute atomic E-state index is 0.0200. The maximum Gasteiger partial charge on any atom is 0.318 e. The van der Waals surface area contributed by atoms with Gasteiger partial charge in [-0.1, -0.05) is 36.4 Å². The van der Waals surface area contributed by atoms with Crippen molar-refractivity contribution < 1.29 is 4.79 Å². The standard InChI is InChI=1S/C20H23N5O/c1-14(16-8-7-15-5-3-4-6-17(15)11-16)25(18-9-10-18)20(26)21-12-19-22-13-23-24(19)2/h3-8,11,13-14,18H,9-10,12H2,1-2H3,(H,21,26)/t14-/m0/s1. The first kappa shape index (κ1) is 16.6. The van der Waals surface area contributed by atoms with Gasteiger partial charge in [-0.2, -0.15) is 5.10 Å². The monoisotopic (exact) mass is 349 g/mol. The van der Waals surface area contributed by atoms with Crippen molar-refractivity contribution in [3.05, 3.63) is 60.2 Å². The van der Waals surface area contributed by atoms with Gasteiger partial charge in [0.2, 0.25) is 0 Å². The number of benzene rings is 2. The third-order valence-corrected chi connectivity index (χ3v) is 5.05. The molecule has 0 aliphatic heterocycles. The van der Waals surface area contributed by atoms with Crippen LogP contribution in [0.3, 0.4) is 0 Å². The lowest BCUT2D eigenvalue weighted by atomic mass is 10.0. The quantitative estimate of drug-likeness (QED) is 0.768. The van der Waals surface area contributed by atoms with Crippen LogP contribution in [0.4, 0.5) is 4.79 Å². The third kappa shape index (κ3) is 3.27. The van der Waals surface area contributed by atoms with Gasteiger partial charge in [0.1, 0.15) is 12.2 Å². The van der Waals surface area contributed by atoms with E-state index in [4.69, 9.17) is 0 Å². The van der Waals surface area contributed by atoms with Crippen LogP contribution >= 0.6 is 0 Å². The lowest BCUT2D eigenvalue weighted by Gasteiger charge is -2.30. The highest BCUT2D eigenvalue weighted by Gasteiger charge is 2.36. The second kappa shape index (κ2) is 6.78. The van der Waals surface area contributed by atoms with E-state index in [1.165, 1.54) is 17.1 Å². The Kier molecular flexibility index (Phi) is 4.32. The number of aryl methyl sites for hydroxylation is 1. The molecule has 1 heterocycles. The number of fused-ring (bicyclic) bond motifs is 1. The summed E-state index contributed by atoms with van der Waals surface area (Å²) in [5.74, 6) is 0.743. The number of aromatic nitrogens is 3. The van der Waals surface area contributed by atoms with E-state index in [-0.39, 0.29) is 12.1 Å². The molecule has 1 aliphatic carbocycles. The van der Waals surface area contributed by atoms with E-state index >= 15 is 0 Å². The van der Waals surface area contributed by atoms with Crippen molar-refractivity contribution in [2.45, 2.75) is 38.4 Å². The SMILES string of the molecule is C[C@@H](c1ccc2ccccc2c1)N(C(=O)NCc1ncnn1C)C1CC1. The maximum atomic E-state index is 12.9. The number of amides is 2. The molecule has 0 spiro atoms. The summed E-state index contributed by atoms with van der Waals surface area (Å²) >= 11 is 0. The summed E-state index contributed by atoms with van der Waals surface area (Å²) in [4.78, 5) is 19.0. The van der Waals surface area contributed by atoms with Gasteiger partial charge in [0, 0.05) is 13.1 Å². The van der Waals surface area contributed by atoms with Crippen LogP contribution in [0, 0.1) is 0 Å². The van der Waals surface area contributed by atoms with E-state index in [1.54, 1.807) is 4.68 Å². The van der Waals surface area contributed by atoms with Gasteiger partial charge in [0.05, 0.1) is 12.6 Å². The first-order chi connectivity index (χ1) is 12.6. The van der Waals surface area contributed by atoms with Gasteiger partial charge in [0.15, 0.2) is 0 Å². The molecular weight excluding hydrogens is 326 g/mol. The van der Waals surface area contributed by atoms with Crippen LogP contribution < -0.4 is 5.32 Å². The fraction of sp³-hybridized carbons (Fsp3) is 0.350. The van der Waals surface area contributed by atoms with E-state index in [0.717, 1.165) is 24.2 Å². The predicted molar refractivity (Wildman–Crippen MR) is 100 cm³/mol. The summed E-state index contributed by atoms with van der Waals surface area (Å²) in [5, 5.41) is 9.45. The molecule has 2 aromatic carbocycles. The molecule has 134 valence electrons. The summed E-state index contributed by atoms with van der Waals surface area (Å²) in [6.07, 6.45) is 3.63. The number of hydrogen-bond acceptors (Lipinski definition) is 3. The average molecular weight is 349 g/mol. The number of carbonyl (C=O) groups excluding carboxylic acids is 1. The zero-order valence-electron chi connectivity index (χ0n) is 15.1. The van der Waals surface area contributed by atoms with Crippen LogP contribution in [0.2, 0.25) is 0 Å². The van der Waals surface area contributed by atoms with E-state index in [1.807, 2.05) is 24.1 Å². The van der Waals surface area contributed by atoms with Gasteiger partial charge in [0.25, 0.3) is 0 Å². The van der Waals surface area contributed by atoms with Gasteiger partial charge >= 0.3 is 6.03 Å². The van der Waals surface area contributed by atoms with E-state index < -0.39 is 0 Å². The lowest BCUT2D eigenvalue weighted by molar-refractivity contribution is 0.174. The first-order valence-electron chi connectivity index (χ1n) is 9.01. The van der Waals surface area contributed by atoms with E-state index in [0.29, 0.717) is 12.6 Å². The Morgan fingerprint density at radius 1 is 1.27 bits per heavy atom. The molecule has 6 heteroatoms. The van der Waals surface area contributed by atoms with Crippen molar-refractivity contribution in [3.63, 3.8) is 0 Å². The minimum Gasteiger partial charge on any atom is -0.331 e. The zero-order chi connectivity index (χ0) is 18.1. The second-order valence-corrected chi connectivity index (χ2v) is 6.88. The van der Waals surface area contributed by atoms with Gasteiger partial charge in [-0.25, -0.2) is 9.78 Å². The summed E-state index contributed by atoms with van der Waals surface area (Å²) in [6.45, 7) is 2.48. The Morgan fingerprint density at radius 2 is 2.04 bits per heavy atom. The van der Waals surface area contributed by atoms with Crippen LogP contribution in [0.25, 0.3) is 10.8 Å². The van der Waals surface area contributed by atoms with Crippen molar-refractivity contribution in [1.29, 1.82) is 0 Å². The molecule has 3 aromatic rings. The average Bonchev–Trinajstić information content (AvgIpc) is 3.40. The van der Waals surface area contributed by atoms with Crippen molar-refractivity contribution >= 4 is 16.8 Å². The molecule has 0 radical (unpaired) electrons. The van der Waals surface area contributed by atoms with Crippen molar-refractivity contribution in [1.82, 2.24) is 25.0 Å². The molecule has 0 bridgehead atoms. The Bertz CT molecular complexity index is 931. The third-order valence-electron chi connectivity index (χ3n) is 5.05. The highest BCUT2D eigenvalue weighted by atomic mass is 16.2. The molecule has 1 aromatic heterocycles. The van der Waals surface area contributed by atoms with Gasteiger partial charge in [-0.3, -0.25) is 4.68 Å². The lowest BCUT2D eigenvalue weighted by Crippen LogP contribution is -2.42. The summed E-state index contributed by atoms with van der Waals surface area (Å²) in [7, 11) is 1.82. The molecule has 1 aliphatic rings. The van der Waals surface area contributed by atoms with Crippen LogP contribution in [-0.4, -0.2) is 31.7 Å². The molecule has 2 amide bonds. The van der Waals surface area contributed by atoms with Crippen molar-refractivity contribution in [2.75, 3.05) is 0 Å². The number of carbonyl (C=O) groups is 1. The topological polar surface area (TPSA) is 63.1 Å². The molecular formula is C20H23N5O. The number of hydrogen-bond donors (Lipinski definition) is 1. The summed E-state index contributed by atoms with van der Waals surface area (Å²) < 4.78 is 1.68. The molecule has 1 N–H and O–H groups in total. The molecule has 1 saturated carbocycles. The molecule has 6 nitrogen and oxygen atoms in total. The summed E-state index contributed by atoms with van der Waals surface area (Å²) in [6, 6.07) is 15.0. The molecule has 0 unspecified atom stereocenters. The fourth-order valence-electron chi connectivity index (χ4n) is 3.37. The largest absolute Gasteiger partial charge is 0.331 e. The number of nitrogens with zero attached hydrogens (tertiary/aromatic N) is 4. The van der Waals surface area contributed by atoms with E-state index in [2.05, 4.69) is 52.7 Å². The highest BCUT2D eigenvalue weighted by Crippen LogP contribution is 2.35. The maximum absolute atomic E-state index is 12.9. The zero-order valence-corrected chi connectivity index (χ0v) is 15.1. The Hall–Kier alpha value is -2.89. The van der Waals surface area contributed by atoms with Crippen LogP contribution in [0.15, 0.2) is 48.8 Å². The number of rotatable bonds is 5. The smallest absolute Gasteiger partial charge is 0.318 e. The van der Waals surface area contributed by atoms with E-state index in [9.17, 15) is 4.79 Å². The Labute approximate surface area is 152 Å². The Morgan fingerprint density at radius 3 is 2.73 bits per heavy atom. The summed E-state index contributed by atoms with van der Waals surface area (Å²) in [5.41, 5.74) is 1.16. The molecule has 1 atom stereocenters. The van der Waals surface area contributed by atoms with Crippen LogP contribution in [0.5, 0.6) is 0 Å². The molecule has 1 fully saturated rings. The second-order valence-electron chi connectivity index (χ2n) is 6.88. The van der Waals surface area contributed by atoms with Crippen LogP contribution in [-0.2, 0) is 13.6 Å². The van der Waals surface area contributed by atoms with Gasteiger partial charge < -0.3 is 10.2 Å². The molecule has 0 saturated heterocycles. The normalized spacial score (nSPS) is 15.0. The molecule has 26 heavy (non-hydrogen) atoms.